The van der Waals surface area contributed by atoms with Gasteiger partial charge in [-0.05, 0) is 66.9 Å². The summed E-state index contributed by atoms with van der Waals surface area (Å²) in [7, 11) is 1.61. The Balaban J connectivity index is 1.64. The number of carbonyl (C=O) groups excluding carboxylic acids is 1. The van der Waals surface area contributed by atoms with Crippen molar-refractivity contribution in [3.63, 3.8) is 0 Å². The highest BCUT2D eigenvalue weighted by Gasteiger charge is 2.38. The summed E-state index contributed by atoms with van der Waals surface area (Å²) in [5.41, 5.74) is 1.08. The number of halogens is 1. The quantitative estimate of drug-likeness (QED) is 0.302. The number of thioether (sulfide) groups is 1. The largest absolute Gasteiger partial charge is 0.493 e. The molecule has 1 amide bonds. The number of ether oxygens (including phenoxy) is 2. The summed E-state index contributed by atoms with van der Waals surface area (Å²) >= 11 is 1.30. The van der Waals surface area contributed by atoms with Crippen molar-refractivity contribution < 1.29 is 18.7 Å². The van der Waals surface area contributed by atoms with E-state index in [2.05, 4.69) is 11.9 Å². The maximum absolute atomic E-state index is 14.3. The fourth-order valence-electron chi connectivity index (χ4n) is 4.24. The number of amidine groups is 1. The molecule has 2 aromatic carbocycles. The molecule has 0 radical (unpaired) electrons. The van der Waals surface area contributed by atoms with E-state index in [0.717, 1.165) is 44.1 Å². The first-order valence-corrected chi connectivity index (χ1v) is 12.8. The number of aliphatic imine (C=N–C) groups is 1. The van der Waals surface area contributed by atoms with Crippen molar-refractivity contribution in [3.8, 4) is 11.5 Å². The lowest BCUT2D eigenvalue weighted by Crippen LogP contribution is -2.40. The maximum atomic E-state index is 14.3. The molecule has 1 heterocycles. The molecule has 5 nitrogen and oxygen atoms in total. The van der Waals surface area contributed by atoms with Crippen LogP contribution in [0.15, 0.2) is 52.4 Å². The molecule has 0 spiro atoms. The molecule has 34 heavy (non-hydrogen) atoms. The van der Waals surface area contributed by atoms with Gasteiger partial charge in [0.15, 0.2) is 16.7 Å². The van der Waals surface area contributed by atoms with E-state index >= 15 is 0 Å². The van der Waals surface area contributed by atoms with Gasteiger partial charge in [0.2, 0.25) is 0 Å². The summed E-state index contributed by atoms with van der Waals surface area (Å²) in [6, 6.07) is 12.2. The first kappa shape index (κ1) is 24.3. The van der Waals surface area contributed by atoms with Crippen molar-refractivity contribution in [2.45, 2.75) is 57.9 Å². The van der Waals surface area contributed by atoms with Crippen LogP contribution in [-0.2, 0) is 4.79 Å². The standard InChI is InChI=1S/C27H31FN2O3S/c1-3-4-16-33-23-15-14-19(17-24(23)32-2)18-25-26(31)30(20-10-6-5-7-11-20)27(34-25)29-22-13-9-8-12-21(22)28/h8-9,12-15,17-18,20H,3-7,10-11,16H2,1-2H3. The van der Waals surface area contributed by atoms with Crippen molar-refractivity contribution in [1.29, 1.82) is 0 Å². The van der Waals surface area contributed by atoms with Gasteiger partial charge in [-0.25, -0.2) is 9.38 Å². The minimum absolute atomic E-state index is 0.0748. The molecule has 0 aromatic heterocycles. The number of benzene rings is 2. The van der Waals surface area contributed by atoms with Crippen molar-refractivity contribution in [2.75, 3.05) is 13.7 Å². The third kappa shape index (κ3) is 5.63. The zero-order valence-corrected chi connectivity index (χ0v) is 20.6. The van der Waals surface area contributed by atoms with E-state index in [1.807, 2.05) is 24.3 Å². The van der Waals surface area contributed by atoms with Gasteiger partial charge >= 0.3 is 0 Å². The Labute approximate surface area is 205 Å². The van der Waals surface area contributed by atoms with E-state index in [-0.39, 0.29) is 17.6 Å². The Hall–Kier alpha value is -2.80. The normalized spacial score (nSPS) is 19.3. The van der Waals surface area contributed by atoms with E-state index in [4.69, 9.17) is 9.47 Å². The van der Waals surface area contributed by atoms with E-state index in [1.165, 1.54) is 24.2 Å². The molecule has 1 aliphatic carbocycles. The van der Waals surface area contributed by atoms with E-state index in [9.17, 15) is 9.18 Å². The minimum atomic E-state index is -0.396. The highest BCUT2D eigenvalue weighted by Crippen LogP contribution is 2.39. The van der Waals surface area contributed by atoms with Gasteiger partial charge in [-0.1, -0.05) is 50.8 Å². The van der Waals surface area contributed by atoms with E-state index in [1.54, 1.807) is 30.2 Å². The second kappa shape index (κ2) is 11.6. The van der Waals surface area contributed by atoms with Gasteiger partial charge < -0.3 is 9.47 Å². The first-order chi connectivity index (χ1) is 16.6. The fourth-order valence-corrected chi connectivity index (χ4v) is 5.29. The lowest BCUT2D eigenvalue weighted by Gasteiger charge is -2.30. The Kier molecular flexibility index (Phi) is 8.27. The van der Waals surface area contributed by atoms with Gasteiger partial charge in [0, 0.05) is 6.04 Å². The van der Waals surface area contributed by atoms with Gasteiger partial charge in [-0.2, -0.15) is 0 Å². The molecule has 2 aliphatic rings. The average molecular weight is 483 g/mol. The lowest BCUT2D eigenvalue weighted by atomic mass is 9.94. The average Bonchev–Trinajstić information content (AvgIpc) is 3.16. The van der Waals surface area contributed by atoms with E-state index < -0.39 is 5.82 Å². The highest BCUT2D eigenvalue weighted by molar-refractivity contribution is 8.18. The van der Waals surface area contributed by atoms with Crippen molar-refractivity contribution in [2.24, 2.45) is 4.99 Å². The van der Waals surface area contributed by atoms with Crippen molar-refractivity contribution in [1.82, 2.24) is 4.90 Å². The molecule has 0 bridgehead atoms. The number of amides is 1. The molecule has 0 unspecified atom stereocenters. The van der Waals surface area contributed by atoms with Crippen LogP contribution < -0.4 is 9.47 Å². The summed E-state index contributed by atoms with van der Waals surface area (Å²) < 4.78 is 25.7. The summed E-state index contributed by atoms with van der Waals surface area (Å²) in [5.74, 6) is 0.848. The molecular formula is C27H31FN2O3S. The minimum Gasteiger partial charge on any atom is -0.493 e. The zero-order valence-electron chi connectivity index (χ0n) is 19.8. The number of rotatable bonds is 8. The van der Waals surface area contributed by atoms with Gasteiger partial charge in [-0.3, -0.25) is 9.69 Å². The smallest absolute Gasteiger partial charge is 0.267 e. The Morgan fingerprint density at radius 1 is 1.15 bits per heavy atom. The molecule has 0 atom stereocenters. The molecule has 4 rings (SSSR count). The number of hydrogen-bond donors (Lipinski definition) is 0. The van der Waals surface area contributed by atoms with Crippen LogP contribution in [-0.4, -0.2) is 35.7 Å². The van der Waals surface area contributed by atoms with Gasteiger partial charge in [-0.15, -0.1) is 0 Å². The summed E-state index contributed by atoms with van der Waals surface area (Å²) in [6.07, 6.45) is 9.11. The SMILES string of the molecule is CCCCOc1ccc(C=C2SC(=Nc3ccccc3F)N(C3CCCCC3)C2=O)cc1OC. The van der Waals surface area contributed by atoms with Crippen LogP contribution in [0.2, 0.25) is 0 Å². The molecule has 1 saturated carbocycles. The predicted octanol–water partition coefficient (Wildman–Crippen LogP) is 6.95. The summed E-state index contributed by atoms with van der Waals surface area (Å²) in [5, 5.41) is 0.541. The van der Waals surface area contributed by atoms with Crippen molar-refractivity contribution >= 4 is 34.6 Å². The first-order valence-electron chi connectivity index (χ1n) is 12.0. The number of para-hydroxylation sites is 1. The molecule has 0 N–H and O–H groups in total. The van der Waals surface area contributed by atoms with Crippen LogP contribution in [0.4, 0.5) is 10.1 Å². The van der Waals surface area contributed by atoms with Gasteiger partial charge in [0.1, 0.15) is 11.5 Å². The second-order valence-corrected chi connectivity index (χ2v) is 9.54. The molecular weight excluding hydrogens is 451 g/mol. The van der Waals surface area contributed by atoms with Crippen LogP contribution in [0.3, 0.4) is 0 Å². The van der Waals surface area contributed by atoms with Crippen LogP contribution in [0.25, 0.3) is 6.08 Å². The van der Waals surface area contributed by atoms with Crippen LogP contribution in [0, 0.1) is 5.82 Å². The third-order valence-corrected chi connectivity index (χ3v) is 7.07. The number of hydrogen-bond acceptors (Lipinski definition) is 5. The monoisotopic (exact) mass is 482 g/mol. The van der Waals surface area contributed by atoms with Gasteiger partial charge in [0.05, 0.1) is 18.6 Å². The van der Waals surface area contributed by atoms with Gasteiger partial charge in [0.25, 0.3) is 5.91 Å². The third-order valence-electron chi connectivity index (χ3n) is 6.09. The second-order valence-electron chi connectivity index (χ2n) is 8.54. The molecule has 1 saturated heterocycles. The molecule has 2 fully saturated rings. The van der Waals surface area contributed by atoms with E-state index in [0.29, 0.717) is 28.2 Å². The molecule has 1 aliphatic heterocycles. The summed E-state index contributed by atoms with van der Waals surface area (Å²) in [4.78, 5) is 20.4. The number of carbonyl (C=O) groups is 1. The number of unbranched alkanes of at least 4 members (excludes halogenated alkanes) is 1. The zero-order chi connectivity index (χ0) is 23.9. The summed E-state index contributed by atoms with van der Waals surface area (Å²) in [6.45, 7) is 2.75. The molecule has 2 aromatic rings. The van der Waals surface area contributed by atoms with Crippen LogP contribution in [0.1, 0.15) is 57.4 Å². The molecule has 180 valence electrons. The topological polar surface area (TPSA) is 51.1 Å². The lowest BCUT2D eigenvalue weighted by molar-refractivity contribution is -0.124. The fraction of sp³-hybridized carbons (Fsp3) is 0.407. The van der Waals surface area contributed by atoms with Crippen molar-refractivity contribution in [3.05, 3.63) is 58.8 Å². The Morgan fingerprint density at radius 2 is 1.94 bits per heavy atom. The Morgan fingerprint density at radius 3 is 2.68 bits per heavy atom. The van der Waals surface area contributed by atoms with Crippen LogP contribution in [0.5, 0.6) is 11.5 Å². The molecule has 7 heteroatoms. The maximum Gasteiger partial charge on any atom is 0.267 e. The van der Waals surface area contributed by atoms with Crippen LogP contribution >= 0.6 is 11.8 Å². The highest BCUT2D eigenvalue weighted by atomic mass is 32.2. The Bertz CT molecular complexity index is 1080. The predicted molar refractivity (Wildman–Crippen MR) is 136 cm³/mol. The number of nitrogens with zero attached hydrogens (tertiary/aromatic N) is 2. The number of methoxy groups -OCH3 is 1.